The van der Waals surface area contributed by atoms with Gasteiger partial charge in [0.1, 0.15) is 0 Å². The van der Waals surface area contributed by atoms with Gasteiger partial charge in [0.2, 0.25) is 5.78 Å². The Bertz CT molecular complexity index is 525. The van der Waals surface area contributed by atoms with Crippen LogP contribution in [0.2, 0.25) is 0 Å². The molecule has 1 nitrogen and oxygen atoms in total. The van der Waals surface area contributed by atoms with Crippen molar-refractivity contribution in [2.24, 2.45) is 0 Å². The maximum atomic E-state index is 12.2. The average Bonchev–Trinajstić information content (AvgIpc) is 2.76. The molecule has 0 radical (unpaired) electrons. The number of hydrogen-bond donors (Lipinski definition) is 0. The average molecular weight is 244 g/mol. The van der Waals surface area contributed by atoms with E-state index in [1.165, 1.54) is 10.4 Å². The fourth-order valence-corrected chi connectivity index (χ4v) is 2.69. The third-order valence-corrected chi connectivity index (χ3v) is 3.69. The number of carbonyl (C=O) groups excluding carboxylic acids is 1. The second-order valence-electron chi connectivity index (χ2n) is 4.19. The van der Waals surface area contributed by atoms with Gasteiger partial charge in [-0.25, -0.2) is 0 Å². The van der Waals surface area contributed by atoms with Gasteiger partial charge in [-0.3, -0.25) is 4.79 Å². The van der Waals surface area contributed by atoms with Crippen molar-refractivity contribution in [3.63, 3.8) is 0 Å². The quantitative estimate of drug-likeness (QED) is 0.735. The van der Waals surface area contributed by atoms with Crippen molar-refractivity contribution < 1.29 is 4.79 Å². The Kier molecular flexibility index (Phi) is 3.75. The Hall–Kier alpha value is -1.41. The fraction of sp³-hybridized carbons (Fsp3) is 0.267. The summed E-state index contributed by atoms with van der Waals surface area (Å²) in [5.74, 6) is 0.140. The molecule has 0 fully saturated rings. The molecule has 0 aliphatic carbocycles. The SMILES string of the molecule is CCCc1cccc(C(=O)c2ccc(C)s2)c1. The van der Waals surface area contributed by atoms with Gasteiger partial charge < -0.3 is 0 Å². The minimum atomic E-state index is 0.140. The Morgan fingerprint density at radius 3 is 2.71 bits per heavy atom. The van der Waals surface area contributed by atoms with Crippen LogP contribution in [0.3, 0.4) is 0 Å². The van der Waals surface area contributed by atoms with Crippen LogP contribution in [0.5, 0.6) is 0 Å². The second kappa shape index (κ2) is 5.28. The summed E-state index contributed by atoms with van der Waals surface area (Å²) in [6, 6.07) is 11.9. The van der Waals surface area contributed by atoms with Crippen molar-refractivity contribution in [3.8, 4) is 0 Å². The maximum Gasteiger partial charge on any atom is 0.202 e. The standard InChI is InChI=1S/C15H16OS/c1-3-5-12-6-4-7-13(10-12)15(16)14-9-8-11(2)17-14/h4,6-10H,3,5H2,1-2H3. The molecule has 0 amide bonds. The lowest BCUT2D eigenvalue weighted by Crippen LogP contribution is -1.99. The summed E-state index contributed by atoms with van der Waals surface area (Å²) >= 11 is 1.56. The number of thiophene rings is 1. The van der Waals surface area contributed by atoms with E-state index in [4.69, 9.17) is 0 Å². The Labute approximate surface area is 106 Å². The third kappa shape index (κ3) is 2.83. The highest BCUT2D eigenvalue weighted by molar-refractivity contribution is 7.14. The van der Waals surface area contributed by atoms with Crippen LogP contribution in [0.1, 0.15) is 39.0 Å². The summed E-state index contributed by atoms with van der Waals surface area (Å²) in [6.45, 7) is 4.17. The van der Waals surface area contributed by atoms with Crippen molar-refractivity contribution in [3.05, 3.63) is 57.3 Å². The molecule has 2 rings (SSSR count). The van der Waals surface area contributed by atoms with Crippen molar-refractivity contribution in [2.75, 3.05) is 0 Å². The highest BCUT2D eigenvalue weighted by atomic mass is 32.1. The minimum absolute atomic E-state index is 0.140. The Balaban J connectivity index is 2.27. The van der Waals surface area contributed by atoms with Crippen molar-refractivity contribution in [1.29, 1.82) is 0 Å². The van der Waals surface area contributed by atoms with Crippen molar-refractivity contribution in [1.82, 2.24) is 0 Å². The topological polar surface area (TPSA) is 17.1 Å². The van der Waals surface area contributed by atoms with Gasteiger partial charge in [-0.1, -0.05) is 31.5 Å². The number of benzene rings is 1. The van der Waals surface area contributed by atoms with Crippen LogP contribution in [-0.2, 0) is 6.42 Å². The van der Waals surface area contributed by atoms with Crippen LogP contribution in [-0.4, -0.2) is 5.78 Å². The smallest absolute Gasteiger partial charge is 0.202 e. The van der Waals surface area contributed by atoms with E-state index < -0.39 is 0 Å². The summed E-state index contributed by atoms with van der Waals surface area (Å²) < 4.78 is 0. The number of carbonyl (C=O) groups is 1. The van der Waals surface area contributed by atoms with Gasteiger partial charge >= 0.3 is 0 Å². The second-order valence-corrected chi connectivity index (χ2v) is 5.48. The van der Waals surface area contributed by atoms with E-state index in [2.05, 4.69) is 13.0 Å². The molecule has 0 spiro atoms. The highest BCUT2D eigenvalue weighted by Gasteiger charge is 2.11. The molecule has 0 saturated carbocycles. The summed E-state index contributed by atoms with van der Waals surface area (Å²) in [6.07, 6.45) is 2.14. The van der Waals surface area contributed by atoms with Gasteiger partial charge in [0.25, 0.3) is 0 Å². The fourth-order valence-electron chi connectivity index (χ4n) is 1.86. The van der Waals surface area contributed by atoms with Gasteiger partial charge in [0, 0.05) is 10.4 Å². The van der Waals surface area contributed by atoms with E-state index in [0.717, 1.165) is 23.3 Å². The lowest BCUT2D eigenvalue weighted by molar-refractivity contribution is 0.104. The summed E-state index contributed by atoms with van der Waals surface area (Å²) in [5.41, 5.74) is 2.05. The summed E-state index contributed by atoms with van der Waals surface area (Å²) in [7, 11) is 0. The molecule has 0 atom stereocenters. The number of hydrogen-bond acceptors (Lipinski definition) is 2. The largest absolute Gasteiger partial charge is 0.288 e. The van der Waals surface area contributed by atoms with Crippen LogP contribution >= 0.6 is 11.3 Å². The normalized spacial score (nSPS) is 10.5. The van der Waals surface area contributed by atoms with Gasteiger partial charge in [0.15, 0.2) is 0 Å². The molecule has 0 aliphatic rings. The molecule has 0 aliphatic heterocycles. The maximum absolute atomic E-state index is 12.2. The lowest BCUT2D eigenvalue weighted by atomic mass is 10.0. The molecular weight excluding hydrogens is 228 g/mol. The molecule has 2 aromatic rings. The third-order valence-electron chi connectivity index (χ3n) is 2.69. The first kappa shape index (κ1) is 12.1. The zero-order valence-corrected chi connectivity index (χ0v) is 11.0. The minimum Gasteiger partial charge on any atom is -0.288 e. The number of rotatable bonds is 4. The molecule has 88 valence electrons. The summed E-state index contributed by atoms with van der Waals surface area (Å²) in [4.78, 5) is 14.2. The Morgan fingerprint density at radius 2 is 2.06 bits per heavy atom. The number of ketones is 1. The van der Waals surface area contributed by atoms with E-state index in [0.29, 0.717) is 0 Å². The van der Waals surface area contributed by atoms with Crippen LogP contribution in [0.25, 0.3) is 0 Å². The predicted octanol–water partition coefficient (Wildman–Crippen LogP) is 4.24. The first-order valence-electron chi connectivity index (χ1n) is 5.91. The molecule has 0 unspecified atom stereocenters. The van der Waals surface area contributed by atoms with Gasteiger partial charge in [0.05, 0.1) is 4.88 Å². The molecule has 1 heterocycles. The van der Waals surface area contributed by atoms with Crippen molar-refractivity contribution >= 4 is 17.1 Å². The predicted molar refractivity (Wildman–Crippen MR) is 72.9 cm³/mol. The molecule has 17 heavy (non-hydrogen) atoms. The lowest BCUT2D eigenvalue weighted by Gasteiger charge is -2.02. The molecule has 0 bridgehead atoms. The zero-order valence-electron chi connectivity index (χ0n) is 10.2. The van der Waals surface area contributed by atoms with Crippen LogP contribution in [0.15, 0.2) is 36.4 Å². The van der Waals surface area contributed by atoms with Gasteiger partial charge in [-0.05, 0) is 37.1 Å². The van der Waals surface area contributed by atoms with Crippen LogP contribution < -0.4 is 0 Å². The molecular formula is C15H16OS. The summed E-state index contributed by atoms with van der Waals surface area (Å²) in [5, 5.41) is 0. The number of aryl methyl sites for hydroxylation is 2. The van der Waals surface area contributed by atoms with Crippen LogP contribution in [0.4, 0.5) is 0 Å². The van der Waals surface area contributed by atoms with Gasteiger partial charge in [-0.15, -0.1) is 11.3 Å². The highest BCUT2D eigenvalue weighted by Crippen LogP contribution is 2.20. The molecule has 0 saturated heterocycles. The van der Waals surface area contributed by atoms with E-state index >= 15 is 0 Å². The first-order valence-corrected chi connectivity index (χ1v) is 6.72. The Morgan fingerprint density at radius 1 is 1.24 bits per heavy atom. The molecule has 0 N–H and O–H groups in total. The monoisotopic (exact) mass is 244 g/mol. The molecule has 1 aromatic carbocycles. The van der Waals surface area contributed by atoms with E-state index in [-0.39, 0.29) is 5.78 Å². The van der Waals surface area contributed by atoms with Gasteiger partial charge in [-0.2, -0.15) is 0 Å². The van der Waals surface area contributed by atoms with Crippen LogP contribution in [0, 0.1) is 6.92 Å². The van der Waals surface area contributed by atoms with Crippen molar-refractivity contribution in [2.45, 2.75) is 26.7 Å². The van der Waals surface area contributed by atoms with E-state index in [9.17, 15) is 4.79 Å². The van der Waals surface area contributed by atoms with E-state index in [1.54, 1.807) is 11.3 Å². The molecule has 1 aromatic heterocycles. The first-order chi connectivity index (χ1) is 8.20. The zero-order chi connectivity index (χ0) is 12.3. The molecule has 2 heteroatoms. The van der Waals surface area contributed by atoms with E-state index in [1.807, 2.05) is 37.3 Å².